The topological polar surface area (TPSA) is 75.4 Å². The molecule has 2 rings (SSSR count). The minimum Gasteiger partial charge on any atom is -0.388 e. The minimum absolute atomic E-state index is 0.103. The molecule has 1 aromatic rings. The summed E-state index contributed by atoms with van der Waals surface area (Å²) in [6.07, 6.45) is 3.61. The maximum Gasteiger partial charge on any atom is 0.228 e. The van der Waals surface area contributed by atoms with Gasteiger partial charge in [0.2, 0.25) is 5.91 Å². The van der Waals surface area contributed by atoms with E-state index in [2.05, 4.69) is 5.32 Å². The molecule has 1 atom stereocenters. The van der Waals surface area contributed by atoms with Crippen LogP contribution in [0.15, 0.2) is 30.3 Å². The molecule has 1 aromatic carbocycles. The van der Waals surface area contributed by atoms with Gasteiger partial charge in [-0.15, -0.1) is 0 Å². The summed E-state index contributed by atoms with van der Waals surface area (Å²) in [5.41, 5.74) is 5.90. The summed E-state index contributed by atoms with van der Waals surface area (Å²) >= 11 is 0. The minimum atomic E-state index is -0.717. The largest absolute Gasteiger partial charge is 0.388 e. The molecule has 1 fully saturated rings. The van der Waals surface area contributed by atoms with Gasteiger partial charge in [0.25, 0.3) is 0 Å². The molecular weight excluding hydrogens is 240 g/mol. The second kappa shape index (κ2) is 6.17. The van der Waals surface area contributed by atoms with Gasteiger partial charge in [0, 0.05) is 13.1 Å². The van der Waals surface area contributed by atoms with Crippen molar-refractivity contribution >= 4 is 5.91 Å². The Hall–Kier alpha value is -1.39. The van der Waals surface area contributed by atoms with Gasteiger partial charge in [-0.25, -0.2) is 0 Å². The van der Waals surface area contributed by atoms with Crippen LogP contribution in [-0.2, 0) is 4.79 Å². The number of nitrogens with two attached hydrogens (primary N) is 1. The summed E-state index contributed by atoms with van der Waals surface area (Å²) in [6, 6.07) is 9.52. The number of amides is 1. The van der Waals surface area contributed by atoms with Crippen LogP contribution < -0.4 is 11.1 Å². The lowest BCUT2D eigenvalue weighted by molar-refractivity contribution is -0.123. The van der Waals surface area contributed by atoms with Crippen molar-refractivity contribution in [3.05, 3.63) is 35.9 Å². The molecule has 1 aliphatic rings. The summed E-state index contributed by atoms with van der Waals surface area (Å²) in [5.74, 6) is -0.444. The average molecular weight is 262 g/mol. The number of carbonyl (C=O) groups excluding carboxylic acids is 1. The number of nitrogens with one attached hydrogen (secondary N) is 1. The molecule has 0 radical (unpaired) electrons. The second-order valence-corrected chi connectivity index (χ2v) is 5.35. The maximum atomic E-state index is 12.2. The first-order valence-electron chi connectivity index (χ1n) is 6.90. The average Bonchev–Trinajstić information content (AvgIpc) is 2.86. The standard InChI is InChI=1S/C15H22N2O2/c16-10-13(12-6-2-1-3-7-12)14(18)17-11-15(19)8-4-5-9-15/h1-3,6-7,13,19H,4-5,8-11,16H2,(H,17,18). The molecule has 0 saturated heterocycles. The summed E-state index contributed by atoms with van der Waals surface area (Å²) in [4.78, 5) is 12.2. The SMILES string of the molecule is NCC(C(=O)NCC1(O)CCCC1)c1ccccc1. The van der Waals surface area contributed by atoms with E-state index in [0.29, 0.717) is 6.54 Å². The first-order valence-corrected chi connectivity index (χ1v) is 6.90. The van der Waals surface area contributed by atoms with Crippen molar-refractivity contribution in [2.75, 3.05) is 13.1 Å². The number of benzene rings is 1. The highest BCUT2D eigenvalue weighted by Crippen LogP contribution is 2.28. The Morgan fingerprint density at radius 3 is 2.53 bits per heavy atom. The van der Waals surface area contributed by atoms with Crippen molar-refractivity contribution in [2.45, 2.75) is 37.2 Å². The van der Waals surface area contributed by atoms with Crippen molar-refractivity contribution in [2.24, 2.45) is 5.73 Å². The fourth-order valence-corrected chi connectivity index (χ4v) is 2.66. The predicted molar refractivity (Wildman–Crippen MR) is 74.7 cm³/mol. The van der Waals surface area contributed by atoms with E-state index in [4.69, 9.17) is 5.73 Å². The quantitative estimate of drug-likeness (QED) is 0.745. The van der Waals surface area contributed by atoms with Gasteiger partial charge in [-0.05, 0) is 18.4 Å². The third kappa shape index (κ3) is 3.55. The van der Waals surface area contributed by atoms with Crippen molar-refractivity contribution < 1.29 is 9.90 Å². The van der Waals surface area contributed by atoms with E-state index in [1.54, 1.807) is 0 Å². The summed E-state index contributed by atoms with van der Waals surface area (Å²) in [5, 5.41) is 13.1. The van der Waals surface area contributed by atoms with E-state index < -0.39 is 5.60 Å². The second-order valence-electron chi connectivity index (χ2n) is 5.35. The van der Waals surface area contributed by atoms with E-state index in [9.17, 15) is 9.90 Å². The van der Waals surface area contributed by atoms with E-state index in [0.717, 1.165) is 31.2 Å². The number of aliphatic hydroxyl groups is 1. The fraction of sp³-hybridized carbons (Fsp3) is 0.533. The Morgan fingerprint density at radius 2 is 1.95 bits per heavy atom. The Labute approximate surface area is 114 Å². The lowest BCUT2D eigenvalue weighted by atomic mass is 9.97. The monoisotopic (exact) mass is 262 g/mol. The zero-order valence-corrected chi connectivity index (χ0v) is 11.1. The summed E-state index contributed by atoms with van der Waals surface area (Å²) < 4.78 is 0. The molecule has 104 valence electrons. The van der Waals surface area contributed by atoms with Crippen LogP contribution in [0, 0.1) is 0 Å². The Kier molecular flexibility index (Phi) is 4.56. The molecule has 19 heavy (non-hydrogen) atoms. The highest BCUT2D eigenvalue weighted by molar-refractivity contribution is 5.83. The molecule has 4 nitrogen and oxygen atoms in total. The van der Waals surface area contributed by atoms with Crippen molar-refractivity contribution in [3.63, 3.8) is 0 Å². The highest BCUT2D eigenvalue weighted by Gasteiger charge is 2.32. The van der Waals surface area contributed by atoms with Gasteiger partial charge in [-0.1, -0.05) is 43.2 Å². The van der Waals surface area contributed by atoms with Gasteiger partial charge < -0.3 is 16.2 Å². The third-order valence-corrected chi connectivity index (χ3v) is 3.88. The first-order chi connectivity index (χ1) is 9.14. The van der Waals surface area contributed by atoms with E-state index in [1.807, 2.05) is 30.3 Å². The molecule has 1 saturated carbocycles. The van der Waals surface area contributed by atoms with E-state index in [1.165, 1.54) is 0 Å². The molecule has 0 aromatic heterocycles. The molecule has 4 heteroatoms. The van der Waals surface area contributed by atoms with Crippen LogP contribution in [0.4, 0.5) is 0 Å². The van der Waals surface area contributed by atoms with Gasteiger partial charge in [-0.3, -0.25) is 4.79 Å². The maximum absolute atomic E-state index is 12.2. The normalized spacial score (nSPS) is 19.1. The molecule has 1 aliphatic carbocycles. The molecule has 0 bridgehead atoms. The van der Waals surface area contributed by atoms with E-state index in [-0.39, 0.29) is 18.4 Å². The summed E-state index contributed by atoms with van der Waals surface area (Å²) in [6.45, 7) is 0.601. The molecular formula is C15H22N2O2. The number of hydrogen-bond acceptors (Lipinski definition) is 3. The zero-order chi connectivity index (χ0) is 13.7. The molecule has 4 N–H and O–H groups in total. The fourth-order valence-electron chi connectivity index (χ4n) is 2.66. The smallest absolute Gasteiger partial charge is 0.228 e. The molecule has 1 amide bonds. The predicted octanol–water partition coefficient (Wildman–Crippen LogP) is 1.15. The lowest BCUT2D eigenvalue weighted by Crippen LogP contribution is -2.43. The first kappa shape index (κ1) is 14.0. The third-order valence-electron chi connectivity index (χ3n) is 3.88. The lowest BCUT2D eigenvalue weighted by Gasteiger charge is -2.24. The van der Waals surface area contributed by atoms with Crippen LogP contribution in [0.5, 0.6) is 0 Å². The molecule has 0 spiro atoms. The van der Waals surface area contributed by atoms with Gasteiger partial charge in [0.1, 0.15) is 0 Å². The van der Waals surface area contributed by atoms with E-state index >= 15 is 0 Å². The van der Waals surface area contributed by atoms with Crippen LogP contribution in [0.1, 0.15) is 37.2 Å². The molecule has 0 aliphatic heterocycles. The van der Waals surface area contributed by atoms with Gasteiger partial charge >= 0.3 is 0 Å². The molecule has 1 unspecified atom stereocenters. The Morgan fingerprint density at radius 1 is 1.32 bits per heavy atom. The van der Waals surface area contributed by atoms with Crippen molar-refractivity contribution in [1.82, 2.24) is 5.32 Å². The summed E-state index contributed by atoms with van der Waals surface area (Å²) in [7, 11) is 0. The van der Waals surface area contributed by atoms with Gasteiger partial charge in [0.05, 0.1) is 11.5 Å². The van der Waals surface area contributed by atoms with Crippen LogP contribution >= 0.6 is 0 Å². The zero-order valence-electron chi connectivity index (χ0n) is 11.1. The van der Waals surface area contributed by atoms with Gasteiger partial charge in [0.15, 0.2) is 0 Å². The Bertz CT molecular complexity index is 413. The van der Waals surface area contributed by atoms with Crippen molar-refractivity contribution in [1.29, 1.82) is 0 Å². The van der Waals surface area contributed by atoms with Crippen LogP contribution in [0.25, 0.3) is 0 Å². The van der Waals surface area contributed by atoms with Crippen LogP contribution in [0.2, 0.25) is 0 Å². The highest BCUT2D eigenvalue weighted by atomic mass is 16.3. The van der Waals surface area contributed by atoms with Crippen LogP contribution in [-0.4, -0.2) is 29.7 Å². The molecule has 0 heterocycles. The van der Waals surface area contributed by atoms with Crippen molar-refractivity contribution in [3.8, 4) is 0 Å². The van der Waals surface area contributed by atoms with Gasteiger partial charge in [-0.2, -0.15) is 0 Å². The number of carbonyl (C=O) groups is 1. The van der Waals surface area contributed by atoms with Crippen LogP contribution in [0.3, 0.4) is 0 Å². The number of rotatable bonds is 5. The number of hydrogen-bond donors (Lipinski definition) is 3. The Balaban J connectivity index is 1.94.